The second kappa shape index (κ2) is 20.7. The molecule has 1 aliphatic carbocycles. The van der Waals surface area contributed by atoms with Crippen molar-refractivity contribution in [2.45, 2.75) is 69.9 Å². The van der Waals surface area contributed by atoms with Crippen LogP contribution in [0.15, 0.2) is 54.7 Å². The van der Waals surface area contributed by atoms with E-state index in [4.69, 9.17) is 38.4 Å². The summed E-state index contributed by atoms with van der Waals surface area (Å²) < 4.78 is 35.3. The van der Waals surface area contributed by atoms with Crippen molar-refractivity contribution in [2.75, 3.05) is 109 Å². The molecule has 4 N–H and O–H groups in total. The molecule has 3 saturated heterocycles. The smallest absolute Gasteiger partial charge is 0.232 e. The minimum atomic E-state index is 0.0804. The highest BCUT2D eigenvalue weighted by atomic mass is 16.5. The lowest BCUT2D eigenvalue weighted by Gasteiger charge is -2.59. The molecule has 1 unspecified atom stereocenters. The highest BCUT2D eigenvalue weighted by molar-refractivity contribution is 5.62. The molecule has 4 aliphatic rings. The Morgan fingerprint density at radius 3 is 2.16 bits per heavy atom. The topological polar surface area (TPSA) is 162 Å². The summed E-state index contributed by atoms with van der Waals surface area (Å²) in [7, 11) is 7.16. The van der Waals surface area contributed by atoms with Gasteiger partial charge in [-0.1, -0.05) is 0 Å². The molecule has 62 heavy (non-hydrogen) atoms. The van der Waals surface area contributed by atoms with E-state index in [0.717, 1.165) is 102 Å². The van der Waals surface area contributed by atoms with Crippen LogP contribution in [0.5, 0.6) is 28.9 Å². The summed E-state index contributed by atoms with van der Waals surface area (Å²) in [6, 6.07) is 15.7. The summed E-state index contributed by atoms with van der Waals surface area (Å²) in [4.78, 5) is 23.5. The number of nitrogens with one attached hydrogen (secondary N) is 4. The molecule has 1 atom stereocenters. The van der Waals surface area contributed by atoms with Gasteiger partial charge in [0.1, 0.15) is 11.6 Å². The van der Waals surface area contributed by atoms with Gasteiger partial charge in [0.05, 0.1) is 34.0 Å². The van der Waals surface area contributed by atoms with Gasteiger partial charge in [-0.2, -0.15) is 15.0 Å². The van der Waals surface area contributed by atoms with Crippen LogP contribution < -0.4 is 45.0 Å². The van der Waals surface area contributed by atoms with Crippen molar-refractivity contribution in [1.29, 1.82) is 0 Å². The zero-order valence-electron chi connectivity index (χ0n) is 36.8. The van der Waals surface area contributed by atoms with E-state index in [1.54, 1.807) is 27.5 Å². The van der Waals surface area contributed by atoms with Crippen molar-refractivity contribution in [3.05, 3.63) is 54.7 Å². The number of benzene rings is 2. The molecule has 8 rings (SSSR count). The number of anilines is 6. The van der Waals surface area contributed by atoms with Crippen LogP contribution in [-0.4, -0.2) is 129 Å². The summed E-state index contributed by atoms with van der Waals surface area (Å²) in [5.41, 5.74) is 1.83. The van der Waals surface area contributed by atoms with Gasteiger partial charge in [-0.3, -0.25) is 0 Å². The lowest BCUT2D eigenvalue weighted by molar-refractivity contribution is -0.0896. The van der Waals surface area contributed by atoms with Crippen molar-refractivity contribution < 1.29 is 28.4 Å². The van der Waals surface area contributed by atoms with Crippen LogP contribution in [0.2, 0.25) is 0 Å². The fourth-order valence-electron chi connectivity index (χ4n) is 9.44. The fraction of sp³-hybridized carbons (Fsp3) is 0.565. The number of ether oxygens (including phenoxy) is 6. The van der Waals surface area contributed by atoms with Crippen LogP contribution in [0.25, 0.3) is 0 Å². The standard InChI is InChI=1S/C46H64N10O6/c1-55-31-46(17-12-35(13-18-46)62-39-27-34(9-11-37(39)58-3)50-44-47-19-14-41(52-44)48-29-32-15-24-60-25-16-32)40(55)30-49-42-28-43(59-4)54-45(53-42)51-33-8-10-36(57-2)38(26-33)61-23-7-22-56-20-5-6-21-56/h8-11,14,19,26-28,32,35,40H,5-7,12-13,15-18,20-25,29-31H2,1-4H3,(H2,47,48,50,52)(H2,49,51,53,54). The van der Waals surface area contributed by atoms with Crippen LogP contribution in [-0.2, 0) is 4.74 Å². The summed E-state index contributed by atoms with van der Waals surface area (Å²) in [6.45, 7) is 8.36. The van der Waals surface area contributed by atoms with Crippen LogP contribution in [0, 0.1) is 11.3 Å². The van der Waals surface area contributed by atoms with Gasteiger partial charge in [-0.05, 0) is 114 Å². The molecule has 1 spiro atoms. The monoisotopic (exact) mass is 853 g/mol. The van der Waals surface area contributed by atoms with E-state index in [9.17, 15) is 0 Å². The largest absolute Gasteiger partial charge is 0.493 e. The van der Waals surface area contributed by atoms with E-state index in [1.165, 1.54) is 25.9 Å². The quantitative estimate of drug-likeness (QED) is 0.0660. The van der Waals surface area contributed by atoms with Crippen LogP contribution in [0.3, 0.4) is 0 Å². The number of methoxy groups -OCH3 is 3. The van der Waals surface area contributed by atoms with Gasteiger partial charge in [0.2, 0.25) is 17.8 Å². The fourth-order valence-corrected chi connectivity index (χ4v) is 9.44. The number of likely N-dealkylation sites (tertiary alicyclic amines) is 2. The predicted molar refractivity (Wildman–Crippen MR) is 241 cm³/mol. The molecule has 0 amide bonds. The molecule has 5 heterocycles. The van der Waals surface area contributed by atoms with Crippen molar-refractivity contribution in [3.63, 3.8) is 0 Å². The molecule has 4 aromatic rings. The second-order valence-corrected chi connectivity index (χ2v) is 17.0. The number of likely N-dealkylation sites (N-methyl/N-ethyl adjacent to an activating group) is 1. The number of hydrogen-bond donors (Lipinski definition) is 4. The normalized spacial score (nSPS) is 21.8. The average molecular weight is 853 g/mol. The SMILES string of the molecule is COc1cc(NCC2N(C)CC23CCC(Oc2cc(Nc4nccc(NCC5CCOCC5)n4)ccc2OC)CC3)nc(Nc2ccc(OC)c(OCCCN3CCCC3)c2)n1. The van der Waals surface area contributed by atoms with Gasteiger partial charge in [-0.15, -0.1) is 0 Å². The third-order valence-corrected chi connectivity index (χ3v) is 12.9. The summed E-state index contributed by atoms with van der Waals surface area (Å²) in [5, 5.41) is 13.8. The Hall–Kier alpha value is -5.32. The minimum Gasteiger partial charge on any atom is -0.493 e. The molecule has 4 fully saturated rings. The zero-order valence-corrected chi connectivity index (χ0v) is 36.8. The molecule has 2 aromatic heterocycles. The lowest BCUT2D eigenvalue weighted by atomic mass is 9.62. The maximum atomic E-state index is 6.68. The Kier molecular flexibility index (Phi) is 14.5. The van der Waals surface area contributed by atoms with Gasteiger partial charge < -0.3 is 59.5 Å². The van der Waals surface area contributed by atoms with Crippen LogP contribution in [0.1, 0.15) is 57.8 Å². The Morgan fingerprint density at radius 2 is 1.44 bits per heavy atom. The Morgan fingerprint density at radius 1 is 0.742 bits per heavy atom. The molecule has 16 heteroatoms. The van der Waals surface area contributed by atoms with Gasteiger partial charge >= 0.3 is 0 Å². The minimum absolute atomic E-state index is 0.0804. The molecule has 3 aliphatic heterocycles. The highest BCUT2D eigenvalue weighted by Crippen LogP contribution is 2.49. The van der Waals surface area contributed by atoms with E-state index in [0.29, 0.717) is 65.2 Å². The number of nitrogens with zero attached hydrogens (tertiary/aromatic N) is 6. The van der Waals surface area contributed by atoms with E-state index in [2.05, 4.69) is 48.1 Å². The number of rotatable bonds is 20. The van der Waals surface area contributed by atoms with Gasteiger partial charge in [0.25, 0.3) is 0 Å². The molecule has 2 aromatic carbocycles. The maximum Gasteiger partial charge on any atom is 0.232 e. The van der Waals surface area contributed by atoms with Gasteiger partial charge in [-0.25, -0.2) is 4.98 Å². The molecule has 0 radical (unpaired) electrons. The third-order valence-electron chi connectivity index (χ3n) is 12.9. The first-order chi connectivity index (χ1) is 30.4. The summed E-state index contributed by atoms with van der Waals surface area (Å²) in [6.07, 6.45) is 11.6. The maximum absolute atomic E-state index is 6.68. The highest BCUT2D eigenvalue weighted by Gasteiger charge is 2.52. The Labute approximate surface area is 365 Å². The van der Waals surface area contributed by atoms with Crippen molar-refractivity contribution in [1.82, 2.24) is 29.7 Å². The van der Waals surface area contributed by atoms with E-state index < -0.39 is 0 Å². The number of aromatic nitrogens is 4. The first-order valence-electron chi connectivity index (χ1n) is 22.3. The number of hydrogen-bond acceptors (Lipinski definition) is 16. The van der Waals surface area contributed by atoms with E-state index in [-0.39, 0.29) is 11.5 Å². The second-order valence-electron chi connectivity index (χ2n) is 17.0. The molecular weight excluding hydrogens is 789 g/mol. The van der Waals surface area contributed by atoms with Crippen molar-refractivity contribution >= 4 is 34.9 Å². The molecular formula is C46H64N10O6. The zero-order chi connectivity index (χ0) is 42.7. The molecule has 334 valence electrons. The van der Waals surface area contributed by atoms with Crippen LogP contribution in [0.4, 0.5) is 34.9 Å². The molecule has 1 saturated carbocycles. The van der Waals surface area contributed by atoms with E-state index >= 15 is 0 Å². The summed E-state index contributed by atoms with van der Waals surface area (Å²) >= 11 is 0. The third kappa shape index (κ3) is 11.0. The summed E-state index contributed by atoms with van der Waals surface area (Å²) in [5.74, 6) is 6.30. The van der Waals surface area contributed by atoms with Gasteiger partial charge in [0, 0.05) is 86.6 Å². The predicted octanol–water partition coefficient (Wildman–Crippen LogP) is 7.22. The first kappa shape index (κ1) is 43.3. The molecule has 16 nitrogen and oxygen atoms in total. The van der Waals surface area contributed by atoms with Gasteiger partial charge in [0.15, 0.2) is 23.0 Å². The first-order valence-corrected chi connectivity index (χ1v) is 22.3. The van der Waals surface area contributed by atoms with Crippen molar-refractivity contribution in [3.8, 4) is 28.9 Å². The van der Waals surface area contributed by atoms with E-state index in [1.807, 2.05) is 48.5 Å². The molecule has 0 bridgehead atoms. The Bertz CT molecular complexity index is 2060. The van der Waals surface area contributed by atoms with Crippen molar-refractivity contribution in [2.24, 2.45) is 11.3 Å². The lowest BCUT2D eigenvalue weighted by Crippen LogP contribution is -2.66. The Balaban J connectivity index is 0.842. The van der Waals surface area contributed by atoms with Crippen LogP contribution >= 0.6 is 0 Å². The average Bonchev–Trinajstić information content (AvgIpc) is 3.82.